The highest BCUT2D eigenvalue weighted by Crippen LogP contribution is 2.29. The lowest BCUT2D eigenvalue weighted by atomic mass is 9.98. The minimum absolute atomic E-state index is 0.0999. The number of hydrogen-bond acceptors (Lipinski definition) is 6. The number of amides is 1. The fourth-order valence-electron chi connectivity index (χ4n) is 3.44. The zero-order chi connectivity index (χ0) is 22.8. The number of piperidine rings is 1. The first-order chi connectivity index (χ1) is 14.6. The van der Waals surface area contributed by atoms with Crippen LogP contribution in [0, 0.1) is 23.0 Å². The van der Waals surface area contributed by atoms with Crippen LogP contribution >= 0.6 is 0 Å². The van der Waals surface area contributed by atoms with Crippen molar-refractivity contribution in [3.05, 3.63) is 57.6 Å². The number of anilines is 1. The summed E-state index contributed by atoms with van der Waals surface area (Å²) >= 11 is 0. The summed E-state index contributed by atoms with van der Waals surface area (Å²) in [6, 6.07) is 8.00. The van der Waals surface area contributed by atoms with E-state index in [1.807, 2.05) is 0 Å². The maximum absolute atomic E-state index is 13.1. The first-order valence-corrected chi connectivity index (χ1v) is 11.4. The normalized spacial score (nSPS) is 14.9. The van der Waals surface area contributed by atoms with Crippen molar-refractivity contribution in [3.8, 4) is 5.75 Å². The number of nitro groups is 1. The van der Waals surface area contributed by atoms with Crippen molar-refractivity contribution < 1.29 is 22.9 Å². The van der Waals surface area contributed by atoms with E-state index in [0.717, 1.165) is 18.9 Å². The van der Waals surface area contributed by atoms with Crippen LogP contribution < -0.4 is 9.46 Å². The van der Waals surface area contributed by atoms with E-state index in [2.05, 4.69) is 11.6 Å². The summed E-state index contributed by atoms with van der Waals surface area (Å²) in [5, 5.41) is 11.0. The molecule has 10 heteroatoms. The highest BCUT2D eigenvalue weighted by atomic mass is 32.2. The van der Waals surface area contributed by atoms with Gasteiger partial charge in [0.2, 0.25) is 0 Å². The number of likely N-dealkylation sites (tertiary alicyclic amines) is 1. The second-order valence-corrected chi connectivity index (χ2v) is 9.38. The summed E-state index contributed by atoms with van der Waals surface area (Å²) in [5.41, 5.74) is 0.563. The number of nitrogens with one attached hydrogen (secondary N) is 1. The Hall–Kier alpha value is -3.14. The summed E-state index contributed by atoms with van der Waals surface area (Å²) in [5.74, 6) is 0.543. The van der Waals surface area contributed by atoms with E-state index in [0.29, 0.717) is 24.6 Å². The summed E-state index contributed by atoms with van der Waals surface area (Å²) < 4.78 is 33.6. The third-order valence-electron chi connectivity index (χ3n) is 5.46. The van der Waals surface area contributed by atoms with Crippen LogP contribution in [0.2, 0.25) is 0 Å². The molecule has 1 N–H and O–H groups in total. The van der Waals surface area contributed by atoms with Gasteiger partial charge < -0.3 is 9.64 Å². The lowest BCUT2D eigenvalue weighted by molar-refractivity contribution is -0.384. The Morgan fingerprint density at radius 1 is 1.19 bits per heavy atom. The van der Waals surface area contributed by atoms with Crippen LogP contribution in [0.3, 0.4) is 0 Å². The Bertz CT molecular complexity index is 1110. The molecule has 2 aromatic rings. The van der Waals surface area contributed by atoms with Gasteiger partial charge in [-0.2, -0.15) is 0 Å². The van der Waals surface area contributed by atoms with Gasteiger partial charge in [-0.3, -0.25) is 19.6 Å². The third-order valence-corrected chi connectivity index (χ3v) is 6.82. The molecule has 3 rings (SSSR count). The van der Waals surface area contributed by atoms with Gasteiger partial charge in [0, 0.05) is 25.2 Å². The molecule has 0 unspecified atom stereocenters. The fourth-order valence-corrected chi connectivity index (χ4v) is 4.59. The Labute approximate surface area is 181 Å². The van der Waals surface area contributed by atoms with Crippen LogP contribution in [0.1, 0.15) is 35.7 Å². The molecule has 9 nitrogen and oxygen atoms in total. The van der Waals surface area contributed by atoms with E-state index in [9.17, 15) is 23.3 Å². The maximum atomic E-state index is 13.1. The van der Waals surface area contributed by atoms with E-state index < -0.39 is 14.9 Å². The van der Waals surface area contributed by atoms with Crippen molar-refractivity contribution in [2.45, 2.75) is 31.6 Å². The molecule has 1 aliphatic rings. The van der Waals surface area contributed by atoms with E-state index in [1.54, 1.807) is 11.8 Å². The molecule has 0 spiro atoms. The molecule has 1 fully saturated rings. The lowest BCUT2D eigenvalue weighted by Gasteiger charge is -2.30. The lowest BCUT2D eigenvalue weighted by Crippen LogP contribution is -2.38. The van der Waals surface area contributed by atoms with Crippen LogP contribution in [-0.4, -0.2) is 44.3 Å². The number of carbonyl (C=O) groups is 1. The van der Waals surface area contributed by atoms with Gasteiger partial charge in [0.25, 0.3) is 21.6 Å². The quantitative estimate of drug-likeness (QED) is 0.534. The average molecular weight is 448 g/mol. The second-order valence-electron chi connectivity index (χ2n) is 7.70. The number of rotatable bonds is 6. The SMILES string of the molecule is COc1ccc(S(=O)(=O)Nc2cc([N+](=O)[O-])ccc2C)cc1C(=O)N1CCC(C)CC1. The number of ether oxygens (including phenoxy) is 1. The van der Waals surface area contributed by atoms with Crippen molar-refractivity contribution in [2.24, 2.45) is 5.92 Å². The smallest absolute Gasteiger partial charge is 0.271 e. The highest BCUT2D eigenvalue weighted by molar-refractivity contribution is 7.92. The van der Waals surface area contributed by atoms with Gasteiger partial charge in [0.05, 0.1) is 28.2 Å². The van der Waals surface area contributed by atoms with Crippen LogP contribution in [0.5, 0.6) is 5.75 Å². The zero-order valence-electron chi connectivity index (χ0n) is 17.6. The predicted molar refractivity (Wildman–Crippen MR) is 116 cm³/mol. The largest absolute Gasteiger partial charge is 0.496 e. The van der Waals surface area contributed by atoms with E-state index >= 15 is 0 Å². The van der Waals surface area contributed by atoms with Gasteiger partial charge >= 0.3 is 0 Å². The second kappa shape index (κ2) is 8.93. The van der Waals surface area contributed by atoms with Gasteiger partial charge in [0.1, 0.15) is 5.75 Å². The van der Waals surface area contributed by atoms with Gasteiger partial charge in [0.15, 0.2) is 0 Å². The molecule has 0 saturated carbocycles. The van der Waals surface area contributed by atoms with E-state index in [4.69, 9.17) is 4.74 Å². The van der Waals surface area contributed by atoms with E-state index in [-0.39, 0.29) is 33.5 Å². The minimum Gasteiger partial charge on any atom is -0.496 e. The van der Waals surface area contributed by atoms with Gasteiger partial charge in [-0.15, -0.1) is 0 Å². The first-order valence-electron chi connectivity index (χ1n) is 9.87. The molecule has 1 heterocycles. The maximum Gasteiger partial charge on any atom is 0.271 e. The number of nitro benzene ring substituents is 1. The Kier molecular flexibility index (Phi) is 6.49. The van der Waals surface area contributed by atoms with Crippen molar-refractivity contribution in [1.29, 1.82) is 0 Å². The topological polar surface area (TPSA) is 119 Å². The zero-order valence-corrected chi connectivity index (χ0v) is 18.4. The summed E-state index contributed by atoms with van der Waals surface area (Å²) in [6.45, 7) is 4.98. The molecule has 0 bridgehead atoms. The standard InChI is InChI=1S/C21H25N3O6S/c1-14-8-10-23(11-9-14)21(25)18-13-17(6-7-20(18)30-3)31(28,29)22-19-12-16(24(26)27)5-4-15(19)2/h4-7,12-14,22H,8-11H2,1-3H3. The molecule has 1 amide bonds. The van der Waals surface area contributed by atoms with E-state index in [1.165, 1.54) is 37.4 Å². The molecule has 31 heavy (non-hydrogen) atoms. The van der Waals surface area contributed by atoms with Crippen LogP contribution in [0.15, 0.2) is 41.3 Å². The Morgan fingerprint density at radius 3 is 2.48 bits per heavy atom. The van der Waals surface area contributed by atoms with Crippen molar-refractivity contribution in [2.75, 3.05) is 24.9 Å². The number of nitrogens with zero attached hydrogens (tertiary/aromatic N) is 2. The number of non-ortho nitro benzene ring substituents is 1. The molecule has 0 radical (unpaired) electrons. The Balaban J connectivity index is 1.94. The number of carbonyl (C=O) groups excluding carboxylic acids is 1. The number of hydrogen-bond donors (Lipinski definition) is 1. The average Bonchev–Trinajstić information content (AvgIpc) is 2.74. The number of aryl methyl sites for hydroxylation is 1. The van der Waals surface area contributed by atoms with Crippen LogP contribution in [-0.2, 0) is 10.0 Å². The van der Waals surface area contributed by atoms with Crippen LogP contribution in [0.4, 0.5) is 11.4 Å². The van der Waals surface area contributed by atoms with Crippen molar-refractivity contribution >= 4 is 27.3 Å². The predicted octanol–water partition coefficient (Wildman–Crippen LogP) is 3.58. The molecule has 0 aromatic heterocycles. The molecule has 166 valence electrons. The molecule has 1 aliphatic heterocycles. The molecule has 1 saturated heterocycles. The highest BCUT2D eigenvalue weighted by Gasteiger charge is 2.26. The monoisotopic (exact) mass is 447 g/mol. The molecular formula is C21H25N3O6S. The molecular weight excluding hydrogens is 422 g/mol. The van der Waals surface area contributed by atoms with Crippen molar-refractivity contribution in [3.63, 3.8) is 0 Å². The van der Waals surface area contributed by atoms with Gasteiger partial charge in [-0.1, -0.05) is 13.0 Å². The number of benzene rings is 2. The third kappa shape index (κ3) is 4.96. The molecule has 0 atom stereocenters. The molecule has 2 aromatic carbocycles. The number of methoxy groups -OCH3 is 1. The molecule has 0 aliphatic carbocycles. The first kappa shape index (κ1) is 22.5. The summed E-state index contributed by atoms with van der Waals surface area (Å²) in [6.07, 6.45) is 1.78. The number of sulfonamides is 1. The fraction of sp³-hybridized carbons (Fsp3) is 0.381. The Morgan fingerprint density at radius 2 is 1.87 bits per heavy atom. The minimum atomic E-state index is -4.10. The summed E-state index contributed by atoms with van der Waals surface area (Å²) in [7, 11) is -2.68. The van der Waals surface area contributed by atoms with Gasteiger partial charge in [-0.25, -0.2) is 8.42 Å². The van der Waals surface area contributed by atoms with Crippen molar-refractivity contribution in [1.82, 2.24) is 4.90 Å². The van der Waals surface area contributed by atoms with Gasteiger partial charge in [-0.05, 0) is 49.4 Å². The van der Waals surface area contributed by atoms with Crippen LogP contribution in [0.25, 0.3) is 0 Å². The summed E-state index contributed by atoms with van der Waals surface area (Å²) in [4.78, 5) is 25.1.